The van der Waals surface area contributed by atoms with E-state index in [1.165, 1.54) is 12.7 Å². The predicted molar refractivity (Wildman–Crippen MR) is 96.4 cm³/mol. The van der Waals surface area contributed by atoms with E-state index < -0.39 is 5.97 Å². The molecule has 0 aliphatic heterocycles. The summed E-state index contributed by atoms with van der Waals surface area (Å²) in [6.45, 7) is 0.734. The molecule has 1 aromatic heterocycles. The zero-order valence-corrected chi connectivity index (χ0v) is 14.1. The number of fused-ring (bicyclic) bond motifs is 1. The van der Waals surface area contributed by atoms with Crippen molar-refractivity contribution in [3.8, 4) is 0 Å². The smallest absolute Gasteiger partial charge is 0.340 e. The number of aromatic nitrogens is 1. The van der Waals surface area contributed by atoms with Crippen molar-refractivity contribution in [2.24, 2.45) is 0 Å². The van der Waals surface area contributed by atoms with Crippen molar-refractivity contribution in [1.29, 1.82) is 0 Å². The van der Waals surface area contributed by atoms with Crippen LogP contribution in [0.4, 0.5) is 0 Å². The number of esters is 1. The Bertz CT molecular complexity index is 884. The first-order chi connectivity index (χ1) is 12.2. The second-order valence-electron chi connectivity index (χ2n) is 5.76. The average Bonchev–Trinajstić information content (AvgIpc) is 3.01. The number of carbonyl (C=O) groups excluding carboxylic acids is 2. The number of nitrogens with zero attached hydrogens (tertiary/aromatic N) is 1. The lowest BCUT2D eigenvalue weighted by atomic mass is 10.1. The van der Waals surface area contributed by atoms with Gasteiger partial charge in [-0.1, -0.05) is 48.5 Å². The second kappa shape index (κ2) is 7.66. The number of benzene rings is 2. The molecular formula is C20H20N2O3. The van der Waals surface area contributed by atoms with Gasteiger partial charge in [-0.05, 0) is 18.1 Å². The van der Waals surface area contributed by atoms with E-state index in [0.29, 0.717) is 12.1 Å². The highest BCUT2D eigenvalue weighted by Gasteiger charge is 2.16. The number of rotatable bonds is 6. The highest BCUT2D eigenvalue weighted by Crippen LogP contribution is 2.21. The molecule has 0 fully saturated rings. The van der Waals surface area contributed by atoms with Crippen molar-refractivity contribution in [3.05, 3.63) is 71.9 Å². The number of ether oxygens (including phenoxy) is 1. The van der Waals surface area contributed by atoms with Crippen molar-refractivity contribution < 1.29 is 14.3 Å². The van der Waals surface area contributed by atoms with Crippen LogP contribution in [-0.2, 0) is 22.5 Å². The Morgan fingerprint density at radius 1 is 1.04 bits per heavy atom. The summed E-state index contributed by atoms with van der Waals surface area (Å²) in [4.78, 5) is 24.2. The van der Waals surface area contributed by atoms with Crippen molar-refractivity contribution >= 4 is 22.8 Å². The fourth-order valence-corrected chi connectivity index (χ4v) is 2.85. The molecule has 5 nitrogen and oxygen atoms in total. The molecule has 1 N–H and O–H groups in total. The van der Waals surface area contributed by atoms with Crippen LogP contribution in [0.25, 0.3) is 10.9 Å². The lowest BCUT2D eigenvalue weighted by Crippen LogP contribution is -2.29. The lowest BCUT2D eigenvalue weighted by Gasteiger charge is -2.07. The molecule has 0 aliphatic carbocycles. The fourth-order valence-electron chi connectivity index (χ4n) is 2.85. The van der Waals surface area contributed by atoms with Crippen molar-refractivity contribution in [3.63, 3.8) is 0 Å². The third-order valence-electron chi connectivity index (χ3n) is 4.09. The summed E-state index contributed by atoms with van der Waals surface area (Å²) in [6, 6.07) is 17.5. The van der Waals surface area contributed by atoms with Crippen LogP contribution in [0.1, 0.15) is 15.9 Å². The van der Waals surface area contributed by atoms with Gasteiger partial charge in [-0.2, -0.15) is 0 Å². The van der Waals surface area contributed by atoms with Crippen LogP contribution in [0.15, 0.2) is 60.8 Å². The zero-order chi connectivity index (χ0) is 17.6. The molecule has 0 saturated heterocycles. The molecule has 1 heterocycles. The molecule has 0 saturated carbocycles. The highest BCUT2D eigenvalue weighted by molar-refractivity contribution is 6.04. The standard InChI is InChI=1S/C20H20N2O3/c1-25-20(24)17-13-22(18-10-6-5-9-16(17)18)14-19(23)21-12-11-15-7-3-2-4-8-15/h2-10,13H,11-12,14H2,1H3,(H,21,23). The van der Waals surface area contributed by atoms with Crippen LogP contribution in [0.3, 0.4) is 0 Å². The summed E-state index contributed by atoms with van der Waals surface area (Å²) in [5.41, 5.74) is 2.48. The van der Waals surface area contributed by atoms with Crippen molar-refractivity contribution in [2.45, 2.75) is 13.0 Å². The first kappa shape index (κ1) is 16.8. The maximum absolute atomic E-state index is 12.2. The van der Waals surface area contributed by atoms with E-state index in [-0.39, 0.29) is 12.5 Å². The van der Waals surface area contributed by atoms with Gasteiger partial charge in [0.05, 0.1) is 12.7 Å². The van der Waals surface area contributed by atoms with E-state index in [2.05, 4.69) is 5.32 Å². The Hall–Kier alpha value is -3.08. The average molecular weight is 336 g/mol. The predicted octanol–water partition coefficient (Wildman–Crippen LogP) is 2.79. The molecule has 0 unspecified atom stereocenters. The summed E-state index contributed by atoms with van der Waals surface area (Å²) in [5.74, 6) is -0.493. The van der Waals surface area contributed by atoms with Crippen LogP contribution in [0, 0.1) is 0 Å². The topological polar surface area (TPSA) is 60.3 Å². The van der Waals surface area contributed by atoms with Gasteiger partial charge in [-0.3, -0.25) is 4.79 Å². The summed E-state index contributed by atoms with van der Waals surface area (Å²) in [6.07, 6.45) is 2.46. The minimum absolute atomic E-state index is 0.0897. The summed E-state index contributed by atoms with van der Waals surface area (Å²) >= 11 is 0. The molecule has 5 heteroatoms. The first-order valence-electron chi connectivity index (χ1n) is 8.16. The minimum Gasteiger partial charge on any atom is -0.465 e. The molecule has 2 aromatic carbocycles. The maximum Gasteiger partial charge on any atom is 0.340 e. The molecule has 0 bridgehead atoms. The van der Waals surface area contributed by atoms with Crippen molar-refractivity contribution in [2.75, 3.05) is 13.7 Å². The zero-order valence-electron chi connectivity index (χ0n) is 14.1. The third-order valence-corrected chi connectivity index (χ3v) is 4.09. The molecule has 3 rings (SSSR count). The van der Waals surface area contributed by atoms with Crippen LogP contribution in [0.5, 0.6) is 0 Å². The minimum atomic E-state index is -0.403. The molecule has 3 aromatic rings. The molecule has 128 valence electrons. The van der Waals surface area contributed by atoms with Crippen molar-refractivity contribution in [1.82, 2.24) is 9.88 Å². The number of hydrogen-bond acceptors (Lipinski definition) is 3. The molecule has 0 aliphatic rings. The van der Waals surface area contributed by atoms with Crippen LogP contribution in [-0.4, -0.2) is 30.1 Å². The number of para-hydroxylation sites is 1. The molecule has 1 amide bonds. The van der Waals surface area contributed by atoms with E-state index in [9.17, 15) is 9.59 Å². The Morgan fingerprint density at radius 2 is 1.76 bits per heavy atom. The van der Waals surface area contributed by atoms with Gasteiger partial charge in [0.15, 0.2) is 0 Å². The van der Waals surface area contributed by atoms with Gasteiger partial charge in [-0.25, -0.2) is 4.79 Å². The maximum atomic E-state index is 12.2. The molecular weight excluding hydrogens is 316 g/mol. The number of carbonyl (C=O) groups is 2. The third kappa shape index (κ3) is 3.88. The second-order valence-corrected chi connectivity index (χ2v) is 5.76. The van der Waals surface area contributed by atoms with Gasteiger partial charge in [0.2, 0.25) is 5.91 Å². The fraction of sp³-hybridized carbons (Fsp3) is 0.200. The van der Waals surface area contributed by atoms with E-state index in [1.54, 1.807) is 10.8 Å². The van der Waals surface area contributed by atoms with Gasteiger partial charge in [0.25, 0.3) is 0 Å². The van der Waals surface area contributed by atoms with E-state index in [1.807, 2.05) is 54.6 Å². The van der Waals surface area contributed by atoms with Gasteiger partial charge in [0, 0.05) is 23.6 Å². The monoisotopic (exact) mass is 336 g/mol. The molecule has 0 atom stereocenters. The van der Waals surface area contributed by atoms with Crippen LogP contribution in [0.2, 0.25) is 0 Å². The van der Waals surface area contributed by atoms with Crippen LogP contribution < -0.4 is 5.32 Å². The van der Waals surface area contributed by atoms with Crippen LogP contribution >= 0.6 is 0 Å². The van der Waals surface area contributed by atoms with E-state index in [4.69, 9.17) is 4.74 Å². The normalized spacial score (nSPS) is 10.6. The van der Waals surface area contributed by atoms with Gasteiger partial charge in [0.1, 0.15) is 6.54 Å². The summed E-state index contributed by atoms with van der Waals surface area (Å²) in [5, 5.41) is 3.70. The number of nitrogens with one attached hydrogen (secondary N) is 1. The number of amides is 1. The SMILES string of the molecule is COC(=O)c1cn(CC(=O)NCCc2ccccc2)c2ccccc12. The first-order valence-corrected chi connectivity index (χ1v) is 8.16. The Labute approximate surface area is 146 Å². The van der Waals surface area contributed by atoms with E-state index in [0.717, 1.165) is 17.3 Å². The van der Waals surface area contributed by atoms with Gasteiger partial charge in [-0.15, -0.1) is 0 Å². The van der Waals surface area contributed by atoms with Gasteiger partial charge >= 0.3 is 5.97 Å². The quantitative estimate of drug-likeness (QED) is 0.704. The summed E-state index contributed by atoms with van der Waals surface area (Å²) < 4.78 is 6.60. The molecule has 0 radical (unpaired) electrons. The Kier molecular flexibility index (Phi) is 5.14. The Balaban J connectivity index is 1.68. The Morgan fingerprint density at radius 3 is 2.52 bits per heavy atom. The number of hydrogen-bond donors (Lipinski definition) is 1. The van der Waals surface area contributed by atoms with Gasteiger partial charge < -0.3 is 14.6 Å². The molecule has 25 heavy (non-hydrogen) atoms. The summed E-state index contributed by atoms with van der Waals surface area (Å²) in [7, 11) is 1.35. The largest absolute Gasteiger partial charge is 0.465 e. The van der Waals surface area contributed by atoms with E-state index >= 15 is 0 Å². The highest BCUT2D eigenvalue weighted by atomic mass is 16.5. The lowest BCUT2D eigenvalue weighted by molar-refractivity contribution is -0.121. The number of methoxy groups -OCH3 is 1. The molecule has 0 spiro atoms.